The van der Waals surface area contributed by atoms with Crippen molar-refractivity contribution in [2.75, 3.05) is 29.6 Å². The molecule has 3 rings (SSSR count). The molecule has 0 atom stereocenters. The van der Waals surface area contributed by atoms with Crippen molar-refractivity contribution in [2.45, 2.75) is 13.3 Å². The van der Waals surface area contributed by atoms with E-state index in [4.69, 9.17) is 4.74 Å². The van der Waals surface area contributed by atoms with Gasteiger partial charge in [0.25, 0.3) is 0 Å². The molecule has 28 heavy (non-hydrogen) atoms. The quantitative estimate of drug-likeness (QED) is 0.553. The minimum atomic E-state index is -0.110. The number of methoxy groups -OCH3 is 1. The highest BCUT2D eigenvalue weighted by molar-refractivity contribution is 5.88. The van der Waals surface area contributed by atoms with Crippen molar-refractivity contribution in [2.24, 2.45) is 0 Å². The van der Waals surface area contributed by atoms with Crippen molar-refractivity contribution in [3.63, 3.8) is 0 Å². The molecule has 0 fully saturated rings. The molecule has 0 aliphatic rings. The topological polar surface area (TPSA) is 101 Å². The number of nitrogens with zero attached hydrogens (tertiary/aromatic N) is 3. The predicted molar refractivity (Wildman–Crippen MR) is 109 cm³/mol. The monoisotopic (exact) mass is 378 g/mol. The fourth-order valence-electron chi connectivity index (χ4n) is 2.57. The Bertz CT molecular complexity index is 930. The highest BCUT2D eigenvalue weighted by atomic mass is 16.5. The van der Waals surface area contributed by atoms with Crippen molar-refractivity contribution < 1.29 is 9.53 Å². The maximum atomic E-state index is 11.1. The molecule has 0 bridgehead atoms. The summed E-state index contributed by atoms with van der Waals surface area (Å²) in [4.78, 5) is 15.5. The van der Waals surface area contributed by atoms with Crippen LogP contribution < -0.4 is 20.7 Å². The number of benzene rings is 2. The van der Waals surface area contributed by atoms with Crippen molar-refractivity contribution >= 4 is 29.0 Å². The van der Waals surface area contributed by atoms with Crippen molar-refractivity contribution in [1.29, 1.82) is 0 Å². The summed E-state index contributed by atoms with van der Waals surface area (Å²) in [6.07, 6.45) is 2.41. The van der Waals surface area contributed by atoms with E-state index in [9.17, 15) is 4.79 Å². The van der Waals surface area contributed by atoms with Gasteiger partial charge in [-0.2, -0.15) is 10.1 Å². The molecule has 0 aliphatic carbocycles. The summed E-state index contributed by atoms with van der Waals surface area (Å²) in [6, 6.07) is 15.2. The third-order valence-corrected chi connectivity index (χ3v) is 3.87. The number of amides is 1. The number of carbonyl (C=O) groups is 1. The van der Waals surface area contributed by atoms with E-state index in [0.29, 0.717) is 18.3 Å². The Morgan fingerprint density at radius 2 is 1.89 bits per heavy atom. The van der Waals surface area contributed by atoms with Gasteiger partial charge in [0.15, 0.2) is 5.82 Å². The van der Waals surface area contributed by atoms with Crippen LogP contribution in [0.25, 0.3) is 0 Å². The van der Waals surface area contributed by atoms with Gasteiger partial charge in [0, 0.05) is 24.8 Å². The lowest BCUT2D eigenvalue weighted by molar-refractivity contribution is -0.114. The van der Waals surface area contributed by atoms with Crippen LogP contribution in [0.4, 0.5) is 23.1 Å². The smallest absolute Gasteiger partial charge is 0.249 e. The fraction of sp³-hybridized carbons (Fsp3) is 0.200. The molecule has 0 saturated heterocycles. The van der Waals surface area contributed by atoms with Crippen molar-refractivity contribution in [1.82, 2.24) is 15.2 Å². The van der Waals surface area contributed by atoms with E-state index in [1.54, 1.807) is 25.4 Å². The number of carbonyl (C=O) groups excluding carboxylic acids is 1. The number of hydrogen-bond donors (Lipinski definition) is 3. The normalized spacial score (nSPS) is 10.2. The Labute approximate surface area is 163 Å². The highest BCUT2D eigenvalue weighted by Crippen LogP contribution is 2.17. The molecule has 0 spiro atoms. The minimum Gasteiger partial charge on any atom is -0.497 e. The Hall–Kier alpha value is -3.68. The van der Waals surface area contributed by atoms with Crippen LogP contribution in [0.2, 0.25) is 0 Å². The summed E-state index contributed by atoms with van der Waals surface area (Å²) < 4.78 is 5.24. The first-order valence-electron chi connectivity index (χ1n) is 8.83. The summed E-state index contributed by atoms with van der Waals surface area (Å²) in [5.41, 5.74) is 2.70. The summed E-state index contributed by atoms with van der Waals surface area (Å²) in [6.45, 7) is 2.18. The summed E-state index contributed by atoms with van der Waals surface area (Å²) >= 11 is 0. The number of aromatic nitrogens is 3. The van der Waals surface area contributed by atoms with Crippen LogP contribution in [-0.2, 0) is 11.2 Å². The molecule has 0 radical (unpaired) electrons. The van der Waals surface area contributed by atoms with Gasteiger partial charge in [-0.05, 0) is 48.4 Å². The molecule has 144 valence electrons. The van der Waals surface area contributed by atoms with Crippen LogP contribution in [0.5, 0.6) is 5.75 Å². The van der Waals surface area contributed by atoms with E-state index in [2.05, 4.69) is 37.2 Å². The second-order valence-electron chi connectivity index (χ2n) is 6.08. The average molecular weight is 378 g/mol. The molecule has 8 heteroatoms. The molecule has 0 saturated carbocycles. The molecule has 0 unspecified atom stereocenters. The van der Waals surface area contributed by atoms with E-state index in [0.717, 1.165) is 23.5 Å². The number of anilines is 4. The number of nitrogens with one attached hydrogen (secondary N) is 3. The van der Waals surface area contributed by atoms with Gasteiger partial charge < -0.3 is 20.7 Å². The second kappa shape index (κ2) is 9.31. The van der Waals surface area contributed by atoms with Gasteiger partial charge in [0.05, 0.1) is 13.3 Å². The van der Waals surface area contributed by atoms with Crippen LogP contribution in [0.3, 0.4) is 0 Å². The zero-order valence-corrected chi connectivity index (χ0v) is 15.8. The number of hydrogen-bond acceptors (Lipinski definition) is 7. The van der Waals surface area contributed by atoms with E-state index < -0.39 is 0 Å². The molecule has 3 N–H and O–H groups in total. The van der Waals surface area contributed by atoms with E-state index in [1.807, 2.05) is 30.3 Å². The van der Waals surface area contributed by atoms with E-state index in [1.165, 1.54) is 12.5 Å². The van der Waals surface area contributed by atoms with Gasteiger partial charge in [-0.1, -0.05) is 12.1 Å². The summed E-state index contributed by atoms with van der Waals surface area (Å²) in [5.74, 6) is 1.76. The highest BCUT2D eigenvalue weighted by Gasteiger charge is 2.03. The molecular formula is C20H22N6O2. The van der Waals surface area contributed by atoms with Crippen molar-refractivity contribution in [3.05, 3.63) is 60.3 Å². The zero-order chi connectivity index (χ0) is 19.8. The molecule has 1 aromatic heterocycles. The Morgan fingerprint density at radius 3 is 2.64 bits per heavy atom. The molecular weight excluding hydrogens is 356 g/mol. The molecule has 8 nitrogen and oxygen atoms in total. The molecule has 0 aliphatic heterocycles. The lowest BCUT2D eigenvalue weighted by Gasteiger charge is -2.09. The average Bonchev–Trinajstić information content (AvgIpc) is 2.70. The SMILES string of the molecule is COc1cccc(CCNc2cnnc(Nc3ccc(NC(C)=O)cc3)n2)c1. The molecule has 2 aromatic carbocycles. The van der Waals surface area contributed by atoms with E-state index in [-0.39, 0.29) is 5.91 Å². The van der Waals surface area contributed by atoms with Crippen LogP contribution in [0.15, 0.2) is 54.7 Å². The second-order valence-corrected chi connectivity index (χ2v) is 6.08. The largest absolute Gasteiger partial charge is 0.497 e. The molecule has 3 aromatic rings. The van der Waals surface area contributed by atoms with Crippen LogP contribution >= 0.6 is 0 Å². The lowest BCUT2D eigenvalue weighted by Crippen LogP contribution is -2.09. The zero-order valence-electron chi connectivity index (χ0n) is 15.8. The predicted octanol–water partition coefficient (Wildman–Crippen LogP) is 3.24. The van der Waals surface area contributed by atoms with Gasteiger partial charge in [-0.3, -0.25) is 4.79 Å². The third kappa shape index (κ3) is 5.66. The van der Waals surface area contributed by atoms with Gasteiger partial charge in [0.1, 0.15) is 5.75 Å². The van der Waals surface area contributed by atoms with Gasteiger partial charge in [-0.25, -0.2) is 0 Å². The van der Waals surface area contributed by atoms with Crippen LogP contribution in [0, 0.1) is 0 Å². The Kier molecular flexibility index (Phi) is 6.35. The first-order chi connectivity index (χ1) is 13.6. The summed E-state index contributed by atoms with van der Waals surface area (Å²) in [7, 11) is 1.66. The number of rotatable bonds is 8. The minimum absolute atomic E-state index is 0.110. The van der Waals surface area contributed by atoms with Gasteiger partial charge in [0.2, 0.25) is 11.9 Å². The fourth-order valence-corrected chi connectivity index (χ4v) is 2.57. The maximum absolute atomic E-state index is 11.1. The van der Waals surface area contributed by atoms with Crippen LogP contribution in [0.1, 0.15) is 12.5 Å². The first kappa shape index (κ1) is 19.1. The summed E-state index contributed by atoms with van der Waals surface area (Å²) in [5, 5.41) is 17.0. The lowest BCUT2D eigenvalue weighted by atomic mass is 10.1. The number of ether oxygens (including phenoxy) is 1. The maximum Gasteiger partial charge on any atom is 0.249 e. The van der Waals surface area contributed by atoms with Crippen LogP contribution in [-0.4, -0.2) is 34.7 Å². The van der Waals surface area contributed by atoms with Crippen molar-refractivity contribution in [3.8, 4) is 5.75 Å². The standard InChI is InChI=1S/C20H22N6O2/c1-14(27)23-16-6-8-17(9-7-16)24-20-25-19(13-22-26-20)21-11-10-15-4-3-5-18(12-15)28-2/h3-9,12-13H,10-11H2,1-2H3,(H,23,27)(H2,21,24,25,26). The molecule has 1 heterocycles. The molecule has 1 amide bonds. The van der Waals surface area contributed by atoms with E-state index >= 15 is 0 Å². The Balaban J connectivity index is 1.55. The van der Waals surface area contributed by atoms with Gasteiger partial charge >= 0.3 is 0 Å². The van der Waals surface area contributed by atoms with Gasteiger partial charge in [-0.15, -0.1) is 5.10 Å². The Morgan fingerprint density at radius 1 is 1.11 bits per heavy atom. The first-order valence-corrected chi connectivity index (χ1v) is 8.83. The third-order valence-electron chi connectivity index (χ3n) is 3.87.